The van der Waals surface area contributed by atoms with Gasteiger partial charge in [-0.1, -0.05) is 12.8 Å². The summed E-state index contributed by atoms with van der Waals surface area (Å²) in [6.07, 6.45) is 9.74. The number of ether oxygens (including phenoxy) is 3. The fourth-order valence-corrected chi connectivity index (χ4v) is 9.24. The van der Waals surface area contributed by atoms with Gasteiger partial charge in [0, 0.05) is 60.9 Å². The number of carbonyl (C=O) groups is 4. The Hall–Kier alpha value is -1.54. The number of rotatable bonds is 24. The van der Waals surface area contributed by atoms with Crippen LogP contribution in [0.1, 0.15) is 77.0 Å². The van der Waals surface area contributed by atoms with Gasteiger partial charge in [0.15, 0.2) is 0 Å². The quantitative estimate of drug-likeness (QED) is 0.0922. The molecule has 4 aliphatic heterocycles. The summed E-state index contributed by atoms with van der Waals surface area (Å²) >= 11 is 3.84. The summed E-state index contributed by atoms with van der Waals surface area (Å²) in [6.45, 7) is 3.12. The van der Waals surface area contributed by atoms with Crippen LogP contribution in [0.5, 0.6) is 0 Å². The average molecular weight is 643 g/mol. The van der Waals surface area contributed by atoms with Crippen LogP contribution in [0.3, 0.4) is 0 Å². The SMILES string of the molecule is O=C(CCCCC1SC[C@H]2NC(=O)N[C@@H]12)CCCOCCOCCOCCCC(=O)CCCC[C@@H]1SC[C@@H]2NC(=O)N[C@@H]21. The number of Topliss-reactive ketones (excluding diaryl/α,β-unsaturated/α-hetero) is 2. The third-order valence-electron chi connectivity index (χ3n) is 8.50. The monoisotopic (exact) mass is 642 g/mol. The van der Waals surface area contributed by atoms with Gasteiger partial charge < -0.3 is 35.5 Å². The zero-order valence-corrected chi connectivity index (χ0v) is 26.9. The normalized spacial score (nSPS) is 27.3. The van der Waals surface area contributed by atoms with Crippen molar-refractivity contribution in [2.45, 2.75) is 112 Å². The molecule has 244 valence electrons. The first-order valence-electron chi connectivity index (χ1n) is 16.1. The predicted octanol–water partition coefficient (Wildman–Crippen LogP) is 3.19. The fourth-order valence-electron chi connectivity index (χ4n) is 6.16. The molecule has 0 radical (unpaired) electrons. The van der Waals surface area contributed by atoms with E-state index in [1.807, 2.05) is 23.5 Å². The van der Waals surface area contributed by atoms with Crippen LogP contribution in [-0.2, 0) is 23.8 Å². The summed E-state index contributed by atoms with van der Waals surface area (Å²) in [5.74, 6) is 2.53. The molecule has 0 bridgehead atoms. The number of nitrogens with one attached hydrogen (secondary N) is 4. The predicted molar refractivity (Wildman–Crippen MR) is 169 cm³/mol. The van der Waals surface area contributed by atoms with Crippen molar-refractivity contribution < 1.29 is 33.4 Å². The van der Waals surface area contributed by atoms with Crippen molar-refractivity contribution in [2.75, 3.05) is 51.1 Å². The highest BCUT2D eigenvalue weighted by Gasteiger charge is 2.43. The zero-order chi connectivity index (χ0) is 30.3. The minimum atomic E-state index is -0.0498. The molecule has 43 heavy (non-hydrogen) atoms. The maximum atomic E-state index is 12.1. The Balaban J connectivity index is 0.838. The topological polar surface area (TPSA) is 144 Å². The first kappa shape index (κ1) is 34.3. The van der Waals surface area contributed by atoms with Crippen LogP contribution >= 0.6 is 23.5 Å². The van der Waals surface area contributed by atoms with Gasteiger partial charge in [0.05, 0.1) is 50.6 Å². The van der Waals surface area contributed by atoms with Crippen molar-refractivity contribution in [3.63, 3.8) is 0 Å². The molecule has 0 aromatic heterocycles. The zero-order valence-electron chi connectivity index (χ0n) is 25.3. The van der Waals surface area contributed by atoms with Crippen LogP contribution in [0, 0.1) is 0 Å². The lowest BCUT2D eigenvalue weighted by molar-refractivity contribution is -0.120. The Kier molecular flexibility index (Phi) is 15.2. The average Bonchev–Trinajstić information content (AvgIpc) is 3.74. The van der Waals surface area contributed by atoms with Crippen LogP contribution in [0.4, 0.5) is 9.59 Å². The number of hydrogen-bond acceptors (Lipinski definition) is 9. The summed E-state index contributed by atoms with van der Waals surface area (Å²) in [5, 5.41) is 12.9. The molecule has 1 unspecified atom stereocenters. The van der Waals surface area contributed by atoms with Gasteiger partial charge in [0.1, 0.15) is 11.6 Å². The van der Waals surface area contributed by atoms with Gasteiger partial charge in [0.25, 0.3) is 0 Å². The molecule has 4 heterocycles. The van der Waals surface area contributed by atoms with Crippen molar-refractivity contribution in [1.82, 2.24) is 21.3 Å². The molecule has 11 nitrogen and oxygen atoms in total. The second-order valence-electron chi connectivity index (χ2n) is 11.9. The summed E-state index contributed by atoms with van der Waals surface area (Å²) < 4.78 is 16.7. The maximum Gasteiger partial charge on any atom is 0.315 e. The summed E-state index contributed by atoms with van der Waals surface area (Å²) in [4.78, 5) is 47.2. The standard InChI is InChI=1S/C30H50N4O7S2/c35-21(7-1-3-11-25-27-23(19-42-25)31-29(37)33-27)9-5-13-39-15-17-41-18-16-40-14-6-10-22(36)8-2-4-12-26-28-24(20-43-26)32-30(38)34-28/h23-28H,1-20H2,(H2,31,33,37)(H2,32,34,38)/t23-,24+,25-,26?,27-,28+/m0/s1. The Morgan fingerprint density at radius 3 is 1.40 bits per heavy atom. The molecule has 4 N–H and O–H groups in total. The van der Waals surface area contributed by atoms with E-state index in [1.165, 1.54) is 0 Å². The van der Waals surface area contributed by atoms with E-state index >= 15 is 0 Å². The molecule has 4 saturated heterocycles. The number of carbonyl (C=O) groups excluding carboxylic acids is 4. The molecule has 6 atom stereocenters. The van der Waals surface area contributed by atoms with E-state index in [9.17, 15) is 19.2 Å². The minimum absolute atomic E-state index is 0.0498. The Labute approximate surface area is 264 Å². The van der Waals surface area contributed by atoms with Gasteiger partial charge in [-0.3, -0.25) is 9.59 Å². The van der Waals surface area contributed by atoms with Gasteiger partial charge in [-0.25, -0.2) is 9.59 Å². The number of amides is 4. The molecule has 13 heteroatoms. The summed E-state index contributed by atoms with van der Waals surface area (Å²) in [5.41, 5.74) is 0. The second kappa shape index (κ2) is 19.1. The van der Waals surface area contributed by atoms with E-state index in [0.717, 1.165) is 62.9 Å². The molecule has 4 amide bonds. The van der Waals surface area contributed by atoms with Gasteiger partial charge in [-0.05, 0) is 38.5 Å². The number of ketones is 2. The van der Waals surface area contributed by atoms with Crippen molar-refractivity contribution in [1.29, 1.82) is 0 Å². The maximum absolute atomic E-state index is 12.1. The number of urea groups is 2. The van der Waals surface area contributed by atoms with Crippen molar-refractivity contribution >= 4 is 47.2 Å². The number of hydrogen-bond donors (Lipinski definition) is 4. The van der Waals surface area contributed by atoms with Crippen LogP contribution in [0.25, 0.3) is 0 Å². The Morgan fingerprint density at radius 1 is 0.558 bits per heavy atom. The first-order chi connectivity index (χ1) is 21.0. The summed E-state index contributed by atoms with van der Waals surface area (Å²) in [6, 6.07) is 0.899. The van der Waals surface area contributed by atoms with Crippen molar-refractivity contribution in [2.24, 2.45) is 0 Å². The van der Waals surface area contributed by atoms with E-state index in [2.05, 4.69) is 21.3 Å². The smallest absolute Gasteiger partial charge is 0.315 e. The molecule has 0 spiro atoms. The molecule has 0 saturated carbocycles. The largest absolute Gasteiger partial charge is 0.379 e. The minimum Gasteiger partial charge on any atom is -0.379 e. The highest BCUT2D eigenvalue weighted by atomic mass is 32.2. The Bertz CT molecular complexity index is 844. The van der Waals surface area contributed by atoms with E-state index < -0.39 is 0 Å². The molecule has 0 aliphatic carbocycles. The van der Waals surface area contributed by atoms with E-state index in [-0.39, 0.29) is 36.2 Å². The number of thioether (sulfide) groups is 2. The van der Waals surface area contributed by atoms with Crippen molar-refractivity contribution in [3.05, 3.63) is 0 Å². The highest BCUT2D eigenvalue weighted by molar-refractivity contribution is 8.00. The third kappa shape index (κ3) is 12.1. The number of unbranched alkanes of at least 4 members (excludes halogenated alkanes) is 2. The lowest BCUT2D eigenvalue weighted by Gasteiger charge is -2.16. The van der Waals surface area contributed by atoms with E-state index in [1.54, 1.807) is 0 Å². The van der Waals surface area contributed by atoms with Gasteiger partial charge >= 0.3 is 12.1 Å². The Morgan fingerprint density at radius 2 is 0.953 bits per heavy atom. The molecule has 4 aliphatic rings. The fraction of sp³-hybridized carbons (Fsp3) is 0.867. The summed E-state index contributed by atoms with van der Waals surface area (Å²) in [7, 11) is 0. The van der Waals surface area contributed by atoms with E-state index in [4.69, 9.17) is 14.2 Å². The molecule has 0 aromatic rings. The van der Waals surface area contributed by atoms with Gasteiger partial charge in [0.2, 0.25) is 0 Å². The van der Waals surface area contributed by atoms with Crippen LogP contribution < -0.4 is 21.3 Å². The number of fused-ring (bicyclic) bond motifs is 2. The molecule has 4 fully saturated rings. The molecular weight excluding hydrogens is 592 g/mol. The van der Waals surface area contributed by atoms with Gasteiger partial charge in [-0.2, -0.15) is 23.5 Å². The molecular formula is C30H50N4O7S2. The van der Waals surface area contributed by atoms with Crippen LogP contribution in [0.15, 0.2) is 0 Å². The van der Waals surface area contributed by atoms with Crippen LogP contribution in [0.2, 0.25) is 0 Å². The molecule has 4 rings (SSSR count). The first-order valence-corrected chi connectivity index (χ1v) is 18.2. The lowest BCUT2D eigenvalue weighted by atomic mass is 10.0. The van der Waals surface area contributed by atoms with E-state index in [0.29, 0.717) is 87.4 Å². The molecule has 0 aromatic carbocycles. The second-order valence-corrected chi connectivity index (χ2v) is 14.4. The van der Waals surface area contributed by atoms with Gasteiger partial charge in [-0.15, -0.1) is 0 Å². The van der Waals surface area contributed by atoms with Crippen molar-refractivity contribution in [3.8, 4) is 0 Å². The lowest BCUT2D eigenvalue weighted by Crippen LogP contribution is -2.36. The third-order valence-corrected chi connectivity index (χ3v) is 11.5. The highest BCUT2D eigenvalue weighted by Crippen LogP contribution is 2.34. The van der Waals surface area contributed by atoms with Crippen LogP contribution in [-0.4, -0.2) is 109 Å².